The lowest BCUT2D eigenvalue weighted by Crippen LogP contribution is -2.49. The monoisotopic (exact) mass is 411 g/mol. The van der Waals surface area contributed by atoms with Gasteiger partial charge in [-0.15, -0.1) is 0 Å². The van der Waals surface area contributed by atoms with Crippen LogP contribution in [0.15, 0.2) is 48.5 Å². The van der Waals surface area contributed by atoms with Gasteiger partial charge < -0.3 is 20.3 Å². The molecule has 1 aliphatic carbocycles. The number of carbonyl (C=O) groups is 3. The lowest BCUT2D eigenvalue weighted by atomic mass is 9.97. The van der Waals surface area contributed by atoms with Crippen LogP contribution < -0.4 is 5.73 Å². The van der Waals surface area contributed by atoms with Crippen LogP contribution in [-0.2, 0) is 23.9 Å². The number of carboxylic acids is 1. The lowest BCUT2D eigenvalue weighted by Gasteiger charge is -2.25. The number of fused-ring (bicyclic) bond motifs is 3. The molecule has 0 aromatic heterocycles. The summed E-state index contributed by atoms with van der Waals surface area (Å²) in [5.74, 6) is -5.50. The highest BCUT2D eigenvalue weighted by Gasteiger charge is 2.42. The van der Waals surface area contributed by atoms with Gasteiger partial charge in [-0.05, 0) is 43.0 Å². The Kier molecular flexibility index (Phi) is 5.94. The largest absolute Gasteiger partial charge is 0.480 e. The molecule has 0 saturated heterocycles. The van der Waals surface area contributed by atoms with Gasteiger partial charge in [-0.25, -0.2) is 0 Å². The van der Waals surface area contributed by atoms with Gasteiger partial charge in [0.2, 0.25) is 0 Å². The van der Waals surface area contributed by atoms with Gasteiger partial charge in [0.05, 0.1) is 0 Å². The van der Waals surface area contributed by atoms with Crippen molar-refractivity contribution in [2.24, 2.45) is 11.7 Å². The summed E-state index contributed by atoms with van der Waals surface area (Å²) in [6.45, 7) is 4.81. The highest BCUT2D eigenvalue weighted by molar-refractivity contribution is 6.00. The minimum absolute atomic E-state index is 0.0432. The Hall–Kier alpha value is -3.19. The molecule has 3 N–H and O–H groups in total. The predicted octanol–water partition coefficient (Wildman–Crippen LogP) is 2.71. The van der Waals surface area contributed by atoms with Crippen LogP contribution in [0.2, 0.25) is 0 Å². The summed E-state index contributed by atoms with van der Waals surface area (Å²) in [6.07, 6.45) is 0. The lowest BCUT2D eigenvalue weighted by molar-refractivity contribution is -0.173. The van der Waals surface area contributed by atoms with Crippen molar-refractivity contribution in [1.29, 1.82) is 0 Å². The molecule has 0 heterocycles. The van der Waals surface area contributed by atoms with E-state index in [0.29, 0.717) is 0 Å². The maximum absolute atomic E-state index is 12.7. The number of esters is 2. The normalized spacial score (nSPS) is 14.9. The molecule has 0 spiro atoms. The van der Waals surface area contributed by atoms with Crippen LogP contribution in [0.4, 0.5) is 0 Å². The third-order valence-corrected chi connectivity index (χ3v) is 4.91. The summed E-state index contributed by atoms with van der Waals surface area (Å²) in [7, 11) is 0. The van der Waals surface area contributed by atoms with Gasteiger partial charge in [0, 0.05) is 5.92 Å². The molecule has 2 atom stereocenters. The van der Waals surface area contributed by atoms with E-state index in [4.69, 9.17) is 15.2 Å². The van der Waals surface area contributed by atoms with E-state index < -0.39 is 35.5 Å². The SMILES string of the molecule is CC(C)(C)OC(=O)C(C(=O)OCC1c2ccccc2-c2ccccc21)[C@@H](N)C(=O)O. The van der Waals surface area contributed by atoms with Crippen LogP contribution in [0.5, 0.6) is 0 Å². The molecular formula is C23H25NO6. The van der Waals surface area contributed by atoms with Gasteiger partial charge in [-0.3, -0.25) is 14.4 Å². The number of hydrogen-bond donors (Lipinski definition) is 2. The van der Waals surface area contributed by atoms with Crippen molar-refractivity contribution in [1.82, 2.24) is 0 Å². The maximum Gasteiger partial charge on any atom is 0.323 e. The Morgan fingerprint density at radius 3 is 1.93 bits per heavy atom. The fourth-order valence-electron chi connectivity index (χ4n) is 3.59. The third kappa shape index (κ3) is 4.36. The Bertz CT molecular complexity index is 932. The van der Waals surface area contributed by atoms with Gasteiger partial charge in [-0.2, -0.15) is 0 Å². The van der Waals surface area contributed by atoms with Crippen molar-refractivity contribution >= 4 is 17.9 Å². The zero-order valence-electron chi connectivity index (χ0n) is 17.1. The van der Waals surface area contributed by atoms with Crippen LogP contribution in [0.1, 0.15) is 37.8 Å². The van der Waals surface area contributed by atoms with Crippen LogP contribution in [0, 0.1) is 5.92 Å². The van der Waals surface area contributed by atoms with E-state index in [2.05, 4.69) is 0 Å². The first-order valence-corrected chi connectivity index (χ1v) is 9.66. The molecule has 0 fully saturated rings. The molecule has 2 aromatic carbocycles. The zero-order chi connectivity index (χ0) is 22.1. The smallest absolute Gasteiger partial charge is 0.323 e. The maximum atomic E-state index is 12.7. The average molecular weight is 411 g/mol. The standard InChI is InChI=1S/C23H25NO6/c1-23(2,3)30-22(28)18(19(24)20(25)26)21(27)29-12-17-15-10-6-4-8-13(15)14-9-5-7-11-16(14)17/h4-11,17-19H,12,24H2,1-3H3,(H,25,26)/t18?,19-/m1/s1. The number of carboxylic acid groups (broad SMARTS) is 1. The molecule has 7 heteroatoms. The number of benzene rings is 2. The molecule has 3 rings (SSSR count). The van der Waals surface area contributed by atoms with E-state index >= 15 is 0 Å². The number of aliphatic carboxylic acids is 1. The predicted molar refractivity (Wildman–Crippen MR) is 110 cm³/mol. The van der Waals surface area contributed by atoms with E-state index in [9.17, 15) is 19.5 Å². The fourth-order valence-corrected chi connectivity index (χ4v) is 3.59. The topological polar surface area (TPSA) is 116 Å². The second-order valence-corrected chi connectivity index (χ2v) is 8.23. The van der Waals surface area contributed by atoms with E-state index in [0.717, 1.165) is 22.3 Å². The first-order valence-electron chi connectivity index (χ1n) is 9.66. The first kappa shape index (κ1) is 21.5. The summed E-state index contributed by atoms with van der Waals surface area (Å²) >= 11 is 0. The minimum Gasteiger partial charge on any atom is -0.480 e. The first-order chi connectivity index (χ1) is 14.1. The van der Waals surface area contributed by atoms with E-state index in [1.807, 2.05) is 48.5 Å². The number of ether oxygens (including phenoxy) is 2. The molecule has 158 valence electrons. The molecule has 0 bridgehead atoms. The molecule has 7 nitrogen and oxygen atoms in total. The van der Waals surface area contributed by atoms with Crippen LogP contribution in [-0.4, -0.2) is 41.3 Å². The summed E-state index contributed by atoms with van der Waals surface area (Å²) in [4.78, 5) is 36.6. The van der Waals surface area contributed by atoms with E-state index in [-0.39, 0.29) is 12.5 Å². The van der Waals surface area contributed by atoms with Crippen LogP contribution >= 0.6 is 0 Å². The van der Waals surface area contributed by atoms with Gasteiger partial charge in [0.1, 0.15) is 18.2 Å². The zero-order valence-corrected chi connectivity index (χ0v) is 17.1. The molecule has 30 heavy (non-hydrogen) atoms. The summed E-state index contributed by atoms with van der Waals surface area (Å²) in [5, 5.41) is 9.25. The highest BCUT2D eigenvalue weighted by atomic mass is 16.6. The molecule has 1 unspecified atom stereocenters. The summed E-state index contributed by atoms with van der Waals surface area (Å²) in [6, 6.07) is 13.8. The Morgan fingerprint density at radius 1 is 0.967 bits per heavy atom. The summed E-state index contributed by atoms with van der Waals surface area (Å²) < 4.78 is 10.6. The molecule has 0 aliphatic heterocycles. The molecule has 0 radical (unpaired) electrons. The van der Waals surface area contributed by atoms with Crippen molar-refractivity contribution in [3.63, 3.8) is 0 Å². The number of nitrogens with two attached hydrogens (primary N) is 1. The minimum atomic E-state index is -1.77. The van der Waals surface area contributed by atoms with Gasteiger partial charge in [0.25, 0.3) is 0 Å². The molecule has 2 aromatic rings. The molecule has 1 aliphatic rings. The second-order valence-electron chi connectivity index (χ2n) is 8.23. The average Bonchev–Trinajstić information content (AvgIpc) is 2.99. The number of rotatable bonds is 6. The third-order valence-electron chi connectivity index (χ3n) is 4.91. The van der Waals surface area contributed by atoms with E-state index in [1.54, 1.807) is 20.8 Å². The fraction of sp³-hybridized carbons (Fsp3) is 0.348. The van der Waals surface area contributed by atoms with Gasteiger partial charge >= 0.3 is 17.9 Å². The van der Waals surface area contributed by atoms with Crippen molar-refractivity contribution in [3.8, 4) is 11.1 Å². The van der Waals surface area contributed by atoms with Gasteiger partial charge in [0.15, 0.2) is 5.92 Å². The van der Waals surface area contributed by atoms with Crippen LogP contribution in [0.25, 0.3) is 11.1 Å². The second kappa shape index (κ2) is 8.28. The Labute approximate surface area is 174 Å². The Morgan fingerprint density at radius 2 is 1.47 bits per heavy atom. The van der Waals surface area contributed by atoms with Crippen LogP contribution in [0.3, 0.4) is 0 Å². The Balaban J connectivity index is 1.82. The quantitative estimate of drug-likeness (QED) is 0.554. The number of carbonyl (C=O) groups excluding carboxylic acids is 2. The molecular weight excluding hydrogens is 386 g/mol. The summed E-state index contributed by atoms with van der Waals surface area (Å²) in [5.41, 5.74) is 8.83. The van der Waals surface area contributed by atoms with Crippen molar-refractivity contribution in [2.45, 2.75) is 38.3 Å². The van der Waals surface area contributed by atoms with Crippen molar-refractivity contribution < 1.29 is 29.0 Å². The van der Waals surface area contributed by atoms with Gasteiger partial charge in [-0.1, -0.05) is 48.5 Å². The van der Waals surface area contributed by atoms with Crippen molar-refractivity contribution in [3.05, 3.63) is 59.7 Å². The van der Waals surface area contributed by atoms with E-state index in [1.165, 1.54) is 0 Å². The molecule has 0 amide bonds. The molecule has 0 saturated carbocycles. The van der Waals surface area contributed by atoms with Crippen molar-refractivity contribution in [2.75, 3.05) is 6.61 Å². The highest BCUT2D eigenvalue weighted by Crippen LogP contribution is 2.44. The number of hydrogen-bond acceptors (Lipinski definition) is 6.